The van der Waals surface area contributed by atoms with Gasteiger partial charge < -0.3 is 9.64 Å². The number of carbonyl (C=O) groups excluding carboxylic acids is 2. The van der Waals surface area contributed by atoms with Gasteiger partial charge in [-0.05, 0) is 74.8 Å². The number of amides is 1. The fraction of sp³-hybridized carbons (Fsp3) is 0.440. The second kappa shape index (κ2) is 8.58. The van der Waals surface area contributed by atoms with Crippen LogP contribution in [-0.2, 0) is 11.3 Å². The molecule has 30 heavy (non-hydrogen) atoms. The van der Waals surface area contributed by atoms with E-state index in [2.05, 4.69) is 0 Å². The van der Waals surface area contributed by atoms with Gasteiger partial charge in [0.25, 0.3) is 0 Å². The van der Waals surface area contributed by atoms with Crippen LogP contribution in [0.3, 0.4) is 0 Å². The van der Waals surface area contributed by atoms with Crippen LogP contribution in [0.15, 0.2) is 42.5 Å². The number of benzene rings is 2. The zero-order valence-electron chi connectivity index (χ0n) is 17.6. The van der Waals surface area contributed by atoms with Crippen molar-refractivity contribution < 1.29 is 18.7 Å². The Hall–Kier alpha value is -2.69. The van der Waals surface area contributed by atoms with E-state index in [9.17, 15) is 14.0 Å². The molecule has 4 rings (SSSR count). The number of hydrogen-bond acceptors (Lipinski definition) is 3. The number of carbonyl (C=O) groups is 2. The average molecular weight is 410 g/mol. The van der Waals surface area contributed by atoms with Gasteiger partial charge in [-0.1, -0.05) is 30.3 Å². The van der Waals surface area contributed by atoms with Crippen LogP contribution >= 0.6 is 0 Å². The molecule has 2 heterocycles. The highest BCUT2D eigenvalue weighted by molar-refractivity contribution is 6.00. The van der Waals surface area contributed by atoms with Crippen molar-refractivity contribution in [2.45, 2.75) is 64.6 Å². The summed E-state index contributed by atoms with van der Waals surface area (Å²) in [7, 11) is 0. The van der Waals surface area contributed by atoms with Crippen LogP contribution in [-0.4, -0.2) is 28.9 Å². The van der Waals surface area contributed by atoms with Crippen molar-refractivity contribution in [2.75, 3.05) is 0 Å². The van der Waals surface area contributed by atoms with Gasteiger partial charge in [-0.25, -0.2) is 9.18 Å². The summed E-state index contributed by atoms with van der Waals surface area (Å²) in [6.07, 6.45) is 3.85. The third-order valence-corrected chi connectivity index (χ3v) is 6.51. The molecular formula is C25H28FNO3. The summed E-state index contributed by atoms with van der Waals surface area (Å²) in [6, 6.07) is 12.6. The standard InChI is InChI=1S/C25H28FNO3/c1-16-11-20(26)12-17(2)23(16)24(28)19-13-21-9-6-10-22(14-19)27(21)25(29)30-15-18-7-4-3-5-8-18/h3-5,7-8,11-12,19,21-22H,6,9-10,13-15H2,1-2H3. The Morgan fingerprint density at radius 2 is 1.63 bits per heavy atom. The van der Waals surface area contributed by atoms with E-state index < -0.39 is 0 Å². The van der Waals surface area contributed by atoms with Crippen LogP contribution in [0.1, 0.15) is 59.2 Å². The Morgan fingerprint density at radius 3 is 2.23 bits per heavy atom. The van der Waals surface area contributed by atoms with Crippen molar-refractivity contribution in [3.8, 4) is 0 Å². The molecule has 0 N–H and O–H groups in total. The van der Waals surface area contributed by atoms with E-state index in [1.165, 1.54) is 12.1 Å². The molecule has 158 valence electrons. The number of piperidine rings is 2. The number of nitrogens with zero attached hydrogens (tertiary/aromatic N) is 1. The van der Waals surface area contributed by atoms with Crippen molar-refractivity contribution in [2.24, 2.45) is 5.92 Å². The minimum atomic E-state index is -0.311. The molecule has 2 unspecified atom stereocenters. The molecule has 0 aromatic heterocycles. The Morgan fingerprint density at radius 1 is 1.03 bits per heavy atom. The highest BCUT2D eigenvalue weighted by Gasteiger charge is 2.44. The third kappa shape index (κ3) is 4.11. The summed E-state index contributed by atoms with van der Waals surface area (Å²) >= 11 is 0. The predicted molar refractivity (Wildman–Crippen MR) is 113 cm³/mol. The van der Waals surface area contributed by atoms with E-state index in [1.807, 2.05) is 35.2 Å². The molecule has 2 fully saturated rings. The molecular weight excluding hydrogens is 381 g/mol. The lowest BCUT2D eigenvalue weighted by Gasteiger charge is -2.47. The highest BCUT2D eigenvalue weighted by atomic mass is 19.1. The number of ketones is 1. The van der Waals surface area contributed by atoms with Gasteiger partial charge in [-0.15, -0.1) is 0 Å². The number of hydrogen-bond donors (Lipinski definition) is 0. The van der Waals surface area contributed by atoms with Crippen LogP contribution in [0, 0.1) is 25.6 Å². The number of fused-ring (bicyclic) bond motifs is 2. The molecule has 0 aliphatic carbocycles. The summed E-state index contributed by atoms with van der Waals surface area (Å²) in [6.45, 7) is 3.84. The highest BCUT2D eigenvalue weighted by Crippen LogP contribution is 2.39. The maximum Gasteiger partial charge on any atom is 0.410 e. The molecule has 2 aromatic rings. The first-order chi connectivity index (χ1) is 14.4. The van der Waals surface area contributed by atoms with Crippen molar-refractivity contribution in [3.63, 3.8) is 0 Å². The fourth-order valence-electron chi connectivity index (χ4n) is 5.19. The quantitative estimate of drug-likeness (QED) is 0.618. The average Bonchev–Trinajstić information content (AvgIpc) is 2.71. The largest absolute Gasteiger partial charge is 0.445 e. The summed E-state index contributed by atoms with van der Waals surface area (Å²) in [5.74, 6) is -0.366. The number of aryl methyl sites for hydroxylation is 2. The number of Topliss-reactive ketones (excluding diaryl/α,β-unsaturated/α-hetero) is 1. The van der Waals surface area contributed by atoms with E-state index in [-0.39, 0.29) is 42.3 Å². The SMILES string of the molecule is Cc1cc(F)cc(C)c1C(=O)C1CC2CCCC(C1)N2C(=O)OCc1ccccc1. The first-order valence-corrected chi connectivity index (χ1v) is 10.7. The second-order valence-electron chi connectivity index (χ2n) is 8.63. The van der Waals surface area contributed by atoms with Crippen LogP contribution in [0.5, 0.6) is 0 Å². The van der Waals surface area contributed by atoms with Crippen LogP contribution in [0.2, 0.25) is 0 Å². The lowest BCUT2D eigenvalue weighted by atomic mass is 9.75. The first kappa shape index (κ1) is 20.6. The van der Waals surface area contributed by atoms with Crippen LogP contribution < -0.4 is 0 Å². The normalized spacial score (nSPS) is 23.2. The molecule has 2 aromatic carbocycles. The molecule has 0 saturated carbocycles. The van der Waals surface area contributed by atoms with E-state index >= 15 is 0 Å². The van der Waals surface area contributed by atoms with Crippen molar-refractivity contribution in [1.29, 1.82) is 0 Å². The van der Waals surface area contributed by atoms with E-state index in [4.69, 9.17) is 4.74 Å². The molecule has 5 heteroatoms. The third-order valence-electron chi connectivity index (χ3n) is 6.51. The fourth-order valence-corrected chi connectivity index (χ4v) is 5.19. The first-order valence-electron chi connectivity index (χ1n) is 10.7. The molecule has 1 amide bonds. The summed E-state index contributed by atoms with van der Waals surface area (Å²) < 4.78 is 19.3. The second-order valence-corrected chi connectivity index (χ2v) is 8.63. The minimum Gasteiger partial charge on any atom is -0.445 e. The van der Waals surface area contributed by atoms with Gasteiger partial charge >= 0.3 is 6.09 Å². The molecule has 0 radical (unpaired) electrons. The molecule has 2 atom stereocenters. The van der Waals surface area contributed by atoms with E-state index in [0.717, 1.165) is 24.8 Å². The predicted octanol–water partition coefficient (Wildman–Crippen LogP) is 5.60. The van der Waals surface area contributed by atoms with Crippen molar-refractivity contribution in [1.82, 2.24) is 4.90 Å². The molecule has 4 nitrogen and oxygen atoms in total. The lowest BCUT2D eigenvalue weighted by molar-refractivity contribution is 0.00469. The van der Waals surface area contributed by atoms with Gasteiger partial charge in [-0.3, -0.25) is 4.79 Å². The lowest BCUT2D eigenvalue weighted by Crippen LogP contribution is -2.55. The maximum atomic E-state index is 13.7. The van der Waals surface area contributed by atoms with Crippen LogP contribution in [0.4, 0.5) is 9.18 Å². The summed E-state index contributed by atoms with van der Waals surface area (Å²) in [4.78, 5) is 28.0. The maximum absolute atomic E-state index is 13.7. The molecule has 2 aliphatic rings. The smallest absolute Gasteiger partial charge is 0.410 e. The zero-order valence-corrected chi connectivity index (χ0v) is 17.6. The van der Waals surface area contributed by atoms with Crippen molar-refractivity contribution in [3.05, 3.63) is 70.5 Å². The number of ether oxygens (including phenoxy) is 1. The molecule has 2 bridgehead atoms. The van der Waals surface area contributed by atoms with Gasteiger partial charge in [-0.2, -0.15) is 0 Å². The van der Waals surface area contributed by atoms with E-state index in [1.54, 1.807) is 13.8 Å². The number of rotatable bonds is 4. The van der Waals surface area contributed by atoms with Gasteiger partial charge in [0.2, 0.25) is 0 Å². The summed E-state index contributed by atoms with van der Waals surface area (Å²) in [5, 5.41) is 0. The van der Waals surface area contributed by atoms with Crippen LogP contribution in [0.25, 0.3) is 0 Å². The van der Waals surface area contributed by atoms with Gasteiger partial charge in [0.05, 0.1) is 0 Å². The Labute approximate surface area is 177 Å². The van der Waals surface area contributed by atoms with Gasteiger partial charge in [0.1, 0.15) is 12.4 Å². The minimum absolute atomic E-state index is 0.0239. The van der Waals surface area contributed by atoms with Gasteiger partial charge in [0.15, 0.2) is 5.78 Å². The molecule has 0 spiro atoms. The topological polar surface area (TPSA) is 46.6 Å². The Kier molecular flexibility index (Phi) is 5.89. The van der Waals surface area contributed by atoms with Crippen molar-refractivity contribution >= 4 is 11.9 Å². The monoisotopic (exact) mass is 409 g/mol. The Balaban J connectivity index is 1.47. The summed E-state index contributed by atoms with van der Waals surface area (Å²) in [5.41, 5.74) is 2.97. The molecule has 2 aliphatic heterocycles. The number of halogens is 1. The Bertz CT molecular complexity index is 906. The zero-order chi connectivity index (χ0) is 21.3. The van der Waals surface area contributed by atoms with E-state index in [0.29, 0.717) is 29.5 Å². The van der Waals surface area contributed by atoms with Gasteiger partial charge in [0, 0.05) is 23.6 Å². The molecule has 2 saturated heterocycles.